The number of aliphatic imine (C=N–C) groups is 1. The van der Waals surface area contributed by atoms with Crippen molar-refractivity contribution in [2.24, 2.45) is 4.99 Å². The third-order valence-corrected chi connectivity index (χ3v) is 6.21. The molecule has 0 saturated carbocycles. The Balaban J connectivity index is 1.36. The van der Waals surface area contributed by atoms with Gasteiger partial charge in [0, 0.05) is 36.4 Å². The molecule has 1 aliphatic heterocycles. The average molecular weight is 423 g/mol. The number of fused-ring (bicyclic) bond motifs is 1. The number of halogens is 1. The summed E-state index contributed by atoms with van der Waals surface area (Å²) in [5.41, 5.74) is 4.17. The summed E-state index contributed by atoms with van der Waals surface area (Å²) in [5, 5.41) is 14.4. The quantitative estimate of drug-likeness (QED) is 0.336. The van der Waals surface area contributed by atoms with E-state index in [1.165, 1.54) is 37.9 Å². The maximum Gasteiger partial charge on any atom is 0.198 e. The minimum atomic E-state index is -0.346. The Morgan fingerprint density at radius 3 is 2.94 bits per heavy atom. The number of piperidine rings is 1. The van der Waals surface area contributed by atoms with E-state index in [4.69, 9.17) is 0 Å². The van der Waals surface area contributed by atoms with Crippen LogP contribution in [0.3, 0.4) is 0 Å². The number of rotatable bonds is 7. The van der Waals surface area contributed by atoms with Crippen molar-refractivity contribution in [3.8, 4) is 5.88 Å². The van der Waals surface area contributed by atoms with E-state index in [-0.39, 0.29) is 11.7 Å². The number of H-pyrrole nitrogens is 1. The molecular weight excluding hydrogens is 391 g/mol. The predicted octanol–water partition coefficient (Wildman–Crippen LogP) is 5.75. The van der Waals surface area contributed by atoms with Gasteiger partial charge in [0.2, 0.25) is 0 Å². The van der Waals surface area contributed by atoms with E-state index < -0.39 is 0 Å². The molecule has 2 aromatic carbocycles. The van der Waals surface area contributed by atoms with Crippen LogP contribution in [0.2, 0.25) is 0 Å². The number of anilines is 1. The van der Waals surface area contributed by atoms with Gasteiger partial charge < -0.3 is 20.3 Å². The number of likely N-dealkylation sites (tertiary alicyclic amines) is 1. The third-order valence-electron chi connectivity index (χ3n) is 6.21. The van der Waals surface area contributed by atoms with Crippen molar-refractivity contribution >= 4 is 28.5 Å². The number of nitrogens with one attached hydrogen (secondary N) is 2. The zero-order chi connectivity index (χ0) is 21.8. The average Bonchev–Trinajstić information content (AvgIpc) is 3.06. The fraction of sp³-hybridized carbons (Fsp3) is 0.400. The standard InChI is InChI=1S/C25H31FN4O/c1-17-14-20(28-16-22-21-9-7-19(26)15-24(21)29-25(22)31)8-10-23(17)27-11-5-13-30-12-4-3-6-18(30)2/h7-10,14-16,18,27,29,31H,3-6,11-13H2,1-2H3. The largest absolute Gasteiger partial charge is 0.494 e. The number of aryl methyl sites for hydroxylation is 1. The molecule has 5 nitrogen and oxygen atoms in total. The lowest BCUT2D eigenvalue weighted by Gasteiger charge is -2.33. The highest BCUT2D eigenvalue weighted by molar-refractivity contribution is 6.02. The van der Waals surface area contributed by atoms with Gasteiger partial charge in [-0.25, -0.2) is 4.39 Å². The number of benzene rings is 2. The summed E-state index contributed by atoms with van der Waals surface area (Å²) in [6.45, 7) is 7.73. The Morgan fingerprint density at radius 2 is 2.13 bits per heavy atom. The molecule has 0 bridgehead atoms. The summed E-state index contributed by atoms with van der Waals surface area (Å²) >= 11 is 0. The molecule has 0 amide bonds. The van der Waals surface area contributed by atoms with Crippen molar-refractivity contribution in [2.45, 2.75) is 45.6 Å². The van der Waals surface area contributed by atoms with Gasteiger partial charge in [-0.3, -0.25) is 4.99 Å². The fourth-order valence-electron chi connectivity index (χ4n) is 4.37. The van der Waals surface area contributed by atoms with Gasteiger partial charge in [0.25, 0.3) is 0 Å². The van der Waals surface area contributed by atoms with Crippen LogP contribution < -0.4 is 5.32 Å². The highest BCUT2D eigenvalue weighted by Crippen LogP contribution is 2.28. The van der Waals surface area contributed by atoms with Crippen molar-refractivity contribution < 1.29 is 9.50 Å². The van der Waals surface area contributed by atoms with Crippen LogP contribution in [0.15, 0.2) is 41.4 Å². The lowest BCUT2D eigenvalue weighted by molar-refractivity contribution is 0.160. The van der Waals surface area contributed by atoms with Crippen LogP contribution in [0, 0.1) is 12.7 Å². The van der Waals surface area contributed by atoms with Crippen LogP contribution in [0.5, 0.6) is 5.88 Å². The van der Waals surface area contributed by atoms with E-state index in [1.54, 1.807) is 12.3 Å². The van der Waals surface area contributed by atoms with Gasteiger partial charge in [0.15, 0.2) is 5.88 Å². The van der Waals surface area contributed by atoms with E-state index in [9.17, 15) is 9.50 Å². The molecule has 0 aliphatic carbocycles. The molecule has 6 heteroatoms. The second kappa shape index (κ2) is 9.52. The predicted molar refractivity (Wildman–Crippen MR) is 126 cm³/mol. The molecule has 164 valence electrons. The van der Waals surface area contributed by atoms with Crippen LogP contribution in [-0.4, -0.2) is 46.9 Å². The highest BCUT2D eigenvalue weighted by Gasteiger charge is 2.17. The normalized spacial score (nSPS) is 17.6. The zero-order valence-electron chi connectivity index (χ0n) is 18.3. The Kier molecular flexibility index (Phi) is 6.56. The van der Waals surface area contributed by atoms with Crippen molar-refractivity contribution in [1.29, 1.82) is 0 Å². The second-order valence-corrected chi connectivity index (χ2v) is 8.50. The topological polar surface area (TPSA) is 63.7 Å². The number of hydrogen-bond donors (Lipinski definition) is 3. The molecule has 3 aromatic rings. The molecule has 1 unspecified atom stereocenters. The van der Waals surface area contributed by atoms with Gasteiger partial charge in [0.1, 0.15) is 5.82 Å². The number of aromatic hydroxyl groups is 1. The van der Waals surface area contributed by atoms with Gasteiger partial charge in [-0.05, 0) is 81.6 Å². The fourth-order valence-corrected chi connectivity index (χ4v) is 4.37. The van der Waals surface area contributed by atoms with E-state index in [1.807, 2.05) is 12.1 Å². The summed E-state index contributed by atoms with van der Waals surface area (Å²) in [7, 11) is 0. The molecule has 1 saturated heterocycles. The lowest BCUT2D eigenvalue weighted by Crippen LogP contribution is -2.38. The first-order chi connectivity index (χ1) is 15.0. The molecule has 1 fully saturated rings. The number of hydrogen-bond acceptors (Lipinski definition) is 4. The minimum absolute atomic E-state index is 0.0117. The number of aromatic nitrogens is 1. The van der Waals surface area contributed by atoms with E-state index in [2.05, 4.69) is 40.1 Å². The Morgan fingerprint density at radius 1 is 1.26 bits per heavy atom. The van der Waals surface area contributed by atoms with Gasteiger partial charge in [-0.15, -0.1) is 0 Å². The summed E-state index contributed by atoms with van der Waals surface area (Å²) in [5.74, 6) is -0.358. The zero-order valence-corrected chi connectivity index (χ0v) is 18.3. The Labute approximate surface area is 183 Å². The van der Waals surface area contributed by atoms with Crippen LogP contribution >= 0.6 is 0 Å². The van der Waals surface area contributed by atoms with Crippen molar-refractivity contribution in [2.75, 3.05) is 25.0 Å². The first-order valence-corrected chi connectivity index (χ1v) is 11.1. The summed E-state index contributed by atoms with van der Waals surface area (Å²) in [6, 6.07) is 11.1. The monoisotopic (exact) mass is 422 g/mol. The van der Waals surface area contributed by atoms with Crippen LogP contribution in [-0.2, 0) is 0 Å². The minimum Gasteiger partial charge on any atom is -0.494 e. The van der Waals surface area contributed by atoms with Crippen LogP contribution in [0.1, 0.15) is 43.7 Å². The van der Waals surface area contributed by atoms with Crippen molar-refractivity contribution in [1.82, 2.24) is 9.88 Å². The van der Waals surface area contributed by atoms with E-state index >= 15 is 0 Å². The van der Waals surface area contributed by atoms with Gasteiger partial charge >= 0.3 is 0 Å². The maximum atomic E-state index is 13.4. The molecule has 3 N–H and O–H groups in total. The lowest BCUT2D eigenvalue weighted by atomic mass is 10.0. The maximum absolute atomic E-state index is 13.4. The molecular formula is C25H31FN4O. The summed E-state index contributed by atoms with van der Waals surface area (Å²) in [6.07, 6.45) is 6.76. The Bertz CT molecular complexity index is 1070. The molecule has 1 aliphatic rings. The van der Waals surface area contributed by atoms with E-state index in [0.717, 1.165) is 41.8 Å². The third kappa shape index (κ3) is 5.07. The summed E-state index contributed by atoms with van der Waals surface area (Å²) < 4.78 is 13.4. The Hall–Kier alpha value is -2.86. The smallest absolute Gasteiger partial charge is 0.198 e. The van der Waals surface area contributed by atoms with Crippen LogP contribution in [0.25, 0.3) is 10.9 Å². The van der Waals surface area contributed by atoms with Gasteiger partial charge in [0.05, 0.1) is 16.8 Å². The first-order valence-electron chi connectivity index (χ1n) is 11.1. The highest BCUT2D eigenvalue weighted by atomic mass is 19.1. The second-order valence-electron chi connectivity index (χ2n) is 8.50. The van der Waals surface area contributed by atoms with Crippen molar-refractivity contribution in [3.63, 3.8) is 0 Å². The van der Waals surface area contributed by atoms with Crippen molar-refractivity contribution in [3.05, 3.63) is 53.3 Å². The van der Waals surface area contributed by atoms with Crippen LogP contribution in [0.4, 0.5) is 15.8 Å². The molecule has 0 radical (unpaired) electrons. The summed E-state index contributed by atoms with van der Waals surface area (Å²) in [4.78, 5) is 9.91. The number of nitrogens with zero attached hydrogens (tertiary/aromatic N) is 2. The van der Waals surface area contributed by atoms with Gasteiger partial charge in [-0.2, -0.15) is 0 Å². The number of aromatic amines is 1. The molecule has 4 rings (SSSR count). The van der Waals surface area contributed by atoms with E-state index in [0.29, 0.717) is 17.1 Å². The molecule has 1 atom stereocenters. The molecule has 1 aromatic heterocycles. The SMILES string of the molecule is Cc1cc(N=Cc2c(O)[nH]c3cc(F)ccc23)ccc1NCCCN1CCCCC1C. The van der Waals surface area contributed by atoms with Gasteiger partial charge in [-0.1, -0.05) is 6.42 Å². The molecule has 2 heterocycles. The molecule has 0 spiro atoms. The molecule has 31 heavy (non-hydrogen) atoms. The first kappa shape index (κ1) is 21.4.